The molecule has 0 aliphatic carbocycles. The van der Waals surface area contributed by atoms with Crippen LogP contribution in [-0.2, 0) is 25.7 Å². The fraction of sp³-hybridized carbons (Fsp3) is 0.459. The second-order valence-electron chi connectivity index (χ2n) is 12.8. The summed E-state index contributed by atoms with van der Waals surface area (Å²) >= 11 is 0. The number of carbonyl (C=O) groups is 2. The highest BCUT2D eigenvalue weighted by Gasteiger charge is 2.39. The first kappa shape index (κ1) is 35.9. The quantitative estimate of drug-likeness (QED) is 0.117. The minimum atomic E-state index is -0.613. The Morgan fingerprint density at radius 3 is 2.20 bits per heavy atom. The van der Waals surface area contributed by atoms with Gasteiger partial charge in [0.2, 0.25) is 11.8 Å². The van der Waals surface area contributed by atoms with E-state index in [0.717, 1.165) is 74.4 Å². The lowest BCUT2D eigenvalue weighted by Gasteiger charge is -2.44. The fourth-order valence-electron chi connectivity index (χ4n) is 6.36. The topological polar surface area (TPSA) is 147 Å². The third-order valence-electron chi connectivity index (χ3n) is 9.28. The number of anilines is 2. The van der Waals surface area contributed by atoms with Gasteiger partial charge in [-0.25, -0.2) is 0 Å². The molecule has 5 rings (SSSR count). The predicted octanol–water partition coefficient (Wildman–Crippen LogP) is 5.34. The molecule has 0 radical (unpaired) electrons. The Morgan fingerprint density at radius 1 is 0.898 bits per heavy atom. The van der Waals surface area contributed by atoms with Crippen molar-refractivity contribution in [2.75, 3.05) is 49.5 Å². The zero-order valence-electron chi connectivity index (χ0n) is 28.3. The number of non-ortho nitro benzene ring substituents is 1. The normalized spacial score (nSPS) is 21.2. The van der Waals surface area contributed by atoms with Crippen LogP contribution in [0.15, 0.2) is 72.8 Å². The predicted molar refractivity (Wildman–Crippen MR) is 187 cm³/mol. The number of rotatable bonds is 14. The third-order valence-corrected chi connectivity index (χ3v) is 9.28. The van der Waals surface area contributed by atoms with Gasteiger partial charge in [-0.3, -0.25) is 24.6 Å². The molecule has 0 saturated carbocycles. The standard InChI is InChI=1S/C37H47N5O7/c1-26-34(24-40-20-22-41(23-21-40)32-15-17-33(18-16-32)42(46)47)48-37(49-36(26)29-9-7-28(25-43)8-10-29)30-11-13-31(14-12-30)39-35(45)6-4-3-5-19-38-27(2)44/h7-18,26,34,36-37,43H,3-6,19-25H2,1-2H3,(H,38,44)(H,39,45)/t26-,34+,36+,37+/m1/s1. The van der Waals surface area contributed by atoms with E-state index in [9.17, 15) is 24.8 Å². The van der Waals surface area contributed by atoms with Gasteiger partial charge in [0.1, 0.15) is 0 Å². The second kappa shape index (κ2) is 17.3. The molecule has 4 atom stereocenters. The van der Waals surface area contributed by atoms with Crippen molar-refractivity contribution in [3.63, 3.8) is 0 Å². The first-order valence-corrected chi connectivity index (χ1v) is 17.1. The van der Waals surface area contributed by atoms with E-state index in [4.69, 9.17) is 9.47 Å². The number of hydrogen-bond acceptors (Lipinski definition) is 9. The highest BCUT2D eigenvalue weighted by atomic mass is 16.7. The van der Waals surface area contributed by atoms with Gasteiger partial charge in [-0.05, 0) is 48.2 Å². The van der Waals surface area contributed by atoms with Gasteiger partial charge >= 0.3 is 0 Å². The molecule has 3 aromatic rings. The number of nitrogens with zero attached hydrogens (tertiary/aromatic N) is 3. The van der Waals surface area contributed by atoms with Gasteiger partial charge in [0.05, 0.1) is 23.7 Å². The molecule has 0 spiro atoms. The number of hydrogen-bond donors (Lipinski definition) is 3. The molecular formula is C37H47N5O7. The summed E-state index contributed by atoms with van der Waals surface area (Å²) in [5.41, 5.74) is 4.48. The summed E-state index contributed by atoms with van der Waals surface area (Å²) < 4.78 is 13.3. The Morgan fingerprint density at radius 2 is 1.57 bits per heavy atom. The van der Waals surface area contributed by atoms with Crippen LogP contribution in [0.1, 0.15) is 68.6 Å². The van der Waals surface area contributed by atoms with Gasteiger partial charge in [-0.15, -0.1) is 0 Å². The van der Waals surface area contributed by atoms with Crippen LogP contribution in [0.4, 0.5) is 17.1 Å². The molecule has 0 unspecified atom stereocenters. The average Bonchev–Trinajstić information content (AvgIpc) is 3.11. The second-order valence-corrected chi connectivity index (χ2v) is 12.8. The molecule has 2 amide bonds. The first-order valence-electron chi connectivity index (χ1n) is 17.1. The number of aliphatic hydroxyl groups excluding tert-OH is 1. The van der Waals surface area contributed by atoms with E-state index in [1.807, 2.05) is 60.7 Å². The minimum Gasteiger partial charge on any atom is -0.392 e. The zero-order valence-corrected chi connectivity index (χ0v) is 28.3. The van der Waals surface area contributed by atoms with Crippen LogP contribution < -0.4 is 15.5 Å². The van der Waals surface area contributed by atoms with E-state index in [-0.39, 0.29) is 47.2 Å². The van der Waals surface area contributed by atoms with Crippen LogP contribution in [0.25, 0.3) is 0 Å². The van der Waals surface area contributed by atoms with Gasteiger partial charge in [-0.1, -0.05) is 49.7 Å². The highest BCUT2D eigenvalue weighted by molar-refractivity contribution is 5.90. The number of benzene rings is 3. The number of ether oxygens (including phenoxy) is 2. The largest absolute Gasteiger partial charge is 0.392 e. The van der Waals surface area contributed by atoms with Gasteiger partial charge in [0.25, 0.3) is 5.69 Å². The summed E-state index contributed by atoms with van der Waals surface area (Å²) in [5, 5.41) is 26.4. The van der Waals surface area contributed by atoms with Crippen molar-refractivity contribution in [1.82, 2.24) is 10.2 Å². The molecule has 3 N–H and O–H groups in total. The maximum absolute atomic E-state index is 12.5. The summed E-state index contributed by atoms with van der Waals surface area (Å²) in [6.45, 7) is 8.23. The van der Waals surface area contributed by atoms with Gasteiger partial charge in [0, 0.05) is 87.6 Å². The minimum absolute atomic E-state index is 0.0247. The van der Waals surface area contributed by atoms with E-state index < -0.39 is 6.29 Å². The molecule has 2 fully saturated rings. The van der Waals surface area contributed by atoms with Gasteiger partial charge in [0.15, 0.2) is 6.29 Å². The van der Waals surface area contributed by atoms with E-state index in [1.54, 1.807) is 12.1 Å². The Kier molecular flexibility index (Phi) is 12.7. The summed E-state index contributed by atoms with van der Waals surface area (Å²) in [6.07, 6.45) is 1.89. The molecule has 262 valence electrons. The van der Waals surface area contributed by atoms with Crippen molar-refractivity contribution < 1.29 is 29.1 Å². The van der Waals surface area contributed by atoms with Crippen LogP contribution >= 0.6 is 0 Å². The van der Waals surface area contributed by atoms with E-state index in [0.29, 0.717) is 18.7 Å². The molecule has 2 aliphatic heterocycles. The lowest BCUT2D eigenvalue weighted by Crippen LogP contribution is -2.51. The SMILES string of the molecule is CC(=O)NCCCCCC(=O)Nc1ccc([C@H]2O[C@@H](CN3CCN(c4ccc([N+](=O)[O-])cc4)CC3)[C@@H](C)[C@@H](c3ccc(CO)cc3)O2)cc1. The van der Waals surface area contributed by atoms with Crippen LogP contribution in [0.2, 0.25) is 0 Å². The number of amides is 2. The maximum atomic E-state index is 12.5. The molecule has 2 aliphatic rings. The lowest BCUT2D eigenvalue weighted by atomic mass is 9.90. The smallest absolute Gasteiger partial charge is 0.269 e. The zero-order chi connectivity index (χ0) is 34.8. The van der Waals surface area contributed by atoms with E-state index >= 15 is 0 Å². The van der Waals surface area contributed by atoms with Crippen molar-refractivity contribution in [2.24, 2.45) is 5.92 Å². The number of aliphatic hydroxyl groups is 1. The summed E-state index contributed by atoms with van der Waals surface area (Å²) in [6, 6.07) is 22.2. The molecule has 3 aromatic carbocycles. The molecule has 0 bridgehead atoms. The summed E-state index contributed by atoms with van der Waals surface area (Å²) in [5.74, 6) is -0.0496. The van der Waals surface area contributed by atoms with Crippen LogP contribution in [-0.4, -0.2) is 72.1 Å². The number of nitro benzene ring substituents is 1. The van der Waals surface area contributed by atoms with E-state index in [1.165, 1.54) is 6.92 Å². The number of carbonyl (C=O) groups excluding carboxylic acids is 2. The molecule has 0 aromatic heterocycles. The van der Waals surface area contributed by atoms with Crippen molar-refractivity contribution in [2.45, 2.75) is 64.6 Å². The first-order chi connectivity index (χ1) is 23.7. The summed E-state index contributed by atoms with van der Waals surface area (Å²) in [7, 11) is 0. The molecule has 2 heterocycles. The molecule has 12 heteroatoms. The number of nitro groups is 1. The third kappa shape index (κ3) is 10.1. The summed E-state index contributed by atoms with van der Waals surface area (Å²) in [4.78, 5) is 38.8. The number of nitrogens with one attached hydrogen (secondary N) is 2. The van der Waals surface area contributed by atoms with Crippen LogP contribution in [0.5, 0.6) is 0 Å². The Balaban J connectivity index is 1.21. The van der Waals surface area contributed by atoms with E-state index in [2.05, 4.69) is 27.4 Å². The molecule has 2 saturated heterocycles. The van der Waals surface area contributed by atoms with Crippen molar-refractivity contribution in [3.05, 3.63) is 99.6 Å². The monoisotopic (exact) mass is 673 g/mol. The Labute approximate surface area is 287 Å². The molecule has 12 nitrogen and oxygen atoms in total. The van der Waals surface area contributed by atoms with Gasteiger partial charge < -0.3 is 30.1 Å². The van der Waals surface area contributed by atoms with Crippen molar-refractivity contribution >= 4 is 28.9 Å². The molecule has 49 heavy (non-hydrogen) atoms. The van der Waals surface area contributed by atoms with Crippen LogP contribution in [0, 0.1) is 16.0 Å². The highest BCUT2D eigenvalue weighted by Crippen LogP contribution is 2.42. The number of unbranched alkanes of at least 4 members (excludes halogenated alkanes) is 2. The Bertz CT molecular complexity index is 1530. The van der Waals surface area contributed by atoms with Crippen LogP contribution in [0.3, 0.4) is 0 Å². The average molecular weight is 674 g/mol. The lowest BCUT2D eigenvalue weighted by molar-refractivity contribution is -0.384. The Hall–Kier alpha value is -4.36. The molecular weight excluding hydrogens is 626 g/mol. The van der Waals surface area contributed by atoms with Crippen molar-refractivity contribution in [1.29, 1.82) is 0 Å². The fourth-order valence-corrected chi connectivity index (χ4v) is 6.36. The number of piperazine rings is 1. The maximum Gasteiger partial charge on any atom is 0.269 e. The van der Waals surface area contributed by atoms with Crippen molar-refractivity contribution in [3.8, 4) is 0 Å². The van der Waals surface area contributed by atoms with Gasteiger partial charge in [-0.2, -0.15) is 0 Å².